The highest BCUT2D eigenvalue weighted by Gasteiger charge is 2.25. The van der Waals surface area contributed by atoms with E-state index in [9.17, 15) is 4.79 Å². The first-order chi connectivity index (χ1) is 10.3. The van der Waals surface area contributed by atoms with Gasteiger partial charge in [-0.05, 0) is 25.0 Å². The molecule has 0 radical (unpaired) electrons. The molecule has 5 nitrogen and oxygen atoms in total. The number of rotatable bonds is 2. The predicted molar refractivity (Wildman–Crippen MR) is 77.5 cm³/mol. The molecule has 1 aliphatic carbocycles. The van der Waals surface area contributed by atoms with Crippen LogP contribution in [0.3, 0.4) is 0 Å². The van der Waals surface area contributed by atoms with Gasteiger partial charge in [-0.15, -0.1) is 11.3 Å². The molecule has 21 heavy (non-hydrogen) atoms. The average molecular weight is 303 g/mol. The monoisotopic (exact) mass is 303 g/mol. The number of ether oxygens (including phenoxy) is 3. The average Bonchev–Trinajstić information content (AvgIpc) is 3.12. The normalized spacial score (nSPS) is 16.0. The maximum atomic E-state index is 11.9. The molecule has 0 bridgehead atoms. The largest absolute Gasteiger partial charge is 0.493 e. The summed E-state index contributed by atoms with van der Waals surface area (Å²) in [4.78, 5) is 17.5. The SMILES string of the molecule is COc1cc(-c2nc3c(s2)CCCC3=O)cc2c1OCO2. The molecule has 0 spiro atoms. The van der Waals surface area contributed by atoms with Crippen molar-refractivity contribution in [3.8, 4) is 27.8 Å². The quantitative estimate of drug-likeness (QED) is 0.853. The van der Waals surface area contributed by atoms with Gasteiger partial charge in [0.1, 0.15) is 10.7 Å². The first-order valence-electron chi connectivity index (χ1n) is 6.77. The Labute approximate surface area is 125 Å². The highest BCUT2D eigenvalue weighted by Crippen LogP contribution is 2.45. The van der Waals surface area contributed by atoms with Gasteiger partial charge < -0.3 is 14.2 Å². The van der Waals surface area contributed by atoms with Gasteiger partial charge in [-0.3, -0.25) is 4.79 Å². The van der Waals surface area contributed by atoms with Gasteiger partial charge in [0, 0.05) is 16.9 Å². The second kappa shape index (κ2) is 4.73. The van der Waals surface area contributed by atoms with Crippen LogP contribution in [0.4, 0.5) is 0 Å². The van der Waals surface area contributed by atoms with Crippen LogP contribution in [0.2, 0.25) is 0 Å². The molecule has 1 aromatic heterocycles. The van der Waals surface area contributed by atoms with Gasteiger partial charge in [0.25, 0.3) is 0 Å². The van der Waals surface area contributed by atoms with Crippen LogP contribution in [0.5, 0.6) is 17.2 Å². The molecule has 1 aliphatic heterocycles. The molecular weight excluding hydrogens is 290 g/mol. The molecule has 0 unspecified atom stereocenters. The zero-order valence-electron chi connectivity index (χ0n) is 11.5. The molecule has 0 amide bonds. The Morgan fingerprint density at radius 2 is 2.19 bits per heavy atom. The van der Waals surface area contributed by atoms with Gasteiger partial charge in [-0.25, -0.2) is 4.98 Å². The van der Waals surface area contributed by atoms with Crippen molar-refractivity contribution in [3.05, 3.63) is 22.7 Å². The molecule has 1 aromatic carbocycles. The summed E-state index contributed by atoms with van der Waals surface area (Å²) in [7, 11) is 1.59. The molecule has 6 heteroatoms. The van der Waals surface area contributed by atoms with Crippen LogP contribution < -0.4 is 14.2 Å². The third-order valence-corrected chi connectivity index (χ3v) is 4.84. The van der Waals surface area contributed by atoms with E-state index in [1.54, 1.807) is 18.4 Å². The third-order valence-electron chi connectivity index (χ3n) is 3.67. The number of carbonyl (C=O) groups excluding carboxylic acids is 1. The summed E-state index contributed by atoms with van der Waals surface area (Å²) in [6.45, 7) is 0.196. The Morgan fingerprint density at radius 1 is 1.29 bits per heavy atom. The molecule has 0 fully saturated rings. The number of benzene rings is 1. The number of carbonyl (C=O) groups is 1. The van der Waals surface area contributed by atoms with Gasteiger partial charge in [-0.2, -0.15) is 0 Å². The lowest BCUT2D eigenvalue weighted by Gasteiger charge is -2.06. The van der Waals surface area contributed by atoms with E-state index in [1.807, 2.05) is 12.1 Å². The van der Waals surface area contributed by atoms with Crippen molar-refractivity contribution in [2.75, 3.05) is 13.9 Å². The van der Waals surface area contributed by atoms with Crippen molar-refractivity contribution in [2.45, 2.75) is 19.3 Å². The number of thiazole rings is 1. The number of fused-ring (bicyclic) bond motifs is 2. The molecule has 2 aliphatic rings. The fourth-order valence-corrected chi connectivity index (χ4v) is 3.75. The minimum absolute atomic E-state index is 0.145. The molecule has 0 atom stereocenters. The van der Waals surface area contributed by atoms with Crippen LogP contribution >= 0.6 is 11.3 Å². The van der Waals surface area contributed by atoms with Crippen molar-refractivity contribution in [1.29, 1.82) is 0 Å². The van der Waals surface area contributed by atoms with E-state index in [2.05, 4.69) is 4.98 Å². The van der Waals surface area contributed by atoms with E-state index in [4.69, 9.17) is 14.2 Å². The maximum Gasteiger partial charge on any atom is 0.231 e. The lowest BCUT2D eigenvalue weighted by atomic mass is 10.0. The standard InChI is InChI=1S/C15H13NO4S/c1-18-10-5-8(6-11-14(10)20-7-19-11)15-16-13-9(17)3-2-4-12(13)21-15/h5-6H,2-4,7H2,1H3. The van der Waals surface area contributed by atoms with Gasteiger partial charge >= 0.3 is 0 Å². The van der Waals surface area contributed by atoms with E-state index in [1.165, 1.54) is 0 Å². The number of aryl methyl sites for hydroxylation is 1. The van der Waals surface area contributed by atoms with Crippen molar-refractivity contribution in [3.63, 3.8) is 0 Å². The van der Waals surface area contributed by atoms with Gasteiger partial charge in [0.15, 0.2) is 17.3 Å². The fourth-order valence-electron chi connectivity index (χ4n) is 2.64. The maximum absolute atomic E-state index is 11.9. The number of ketones is 1. The summed E-state index contributed by atoms with van der Waals surface area (Å²) in [5, 5.41) is 0.826. The minimum Gasteiger partial charge on any atom is -0.493 e. The summed E-state index contributed by atoms with van der Waals surface area (Å²) in [5.74, 6) is 2.05. The molecule has 108 valence electrons. The van der Waals surface area contributed by atoms with Gasteiger partial charge in [0.2, 0.25) is 12.5 Å². The van der Waals surface area contributed by atoms with E-state index in [0.717, 1.165) is 28.3 Å². The predicted octanol–water partition coefficient (Wildman–Crippen LogP) is 3.07. The molecule has 0 saturated carbocycles. The number of nitrogens with zero attached hydrogens (tertiary/aromatic N) is 1. The van der Waals surface area contributed by atoms with Crippen LogP contribution in [0.1, 0.15) is 28.2 Å². The van der Waals surface area contributed by atoms with Crippen molar-refractivity contribution < 1.29 is 19.0 Å². The molecule has 0 saturated heterocycles. The fraction of sp³-hybridized carbons (Fsp3) is 0.333. The summed E-state index contributed by atoms with van der Waals surface area (Å²) < 4.78 is 16.2. The second-order valence-electron chi connectivity index (χ2n) is 4.98. The summed E-state index contributed by atoms with van der Waals surface area (Å²) in [6, 6.07) is 3.77. The highest BCUT2D eigenvalue weighted by atomic mass is 32.1. The van der Waals surface area contributed by atoms with E-state index in [-0.39, 0.29) is 12.6 Å². The number of hydrogen-bond donors (Lipinski definition) is 0. The summed E-state index contributed by atoms with van der Waals surface area (Å²) in [6.07, 6.45) is 2.44. The Bertz CT molecular complexity index is 738. The van der Waals surface area contributed by atoms with E-state index < -0.39 is 0 Å². The topological polar surface area (TPSA) is 57.7 Å². The van der Waals surface area contributed by atoms with Crippen LogP contribution in [0.15, 0.2) is 12.1 Å². The van der Waals surface area contributed by atoms with Crippen molar-refractivity contribution >= 4 is 17.1 Å². The number of aromatic nitrogens is 1. The lowest BCUT2D eigenvalue weighted by molar-refractivity contribution is 0.0968. The Morgan fingerprint density at radius 3 is 3.00 bits per heavy atom. The first kappa shape index (κ1) is 12.6. The van der Waals surface area contributed by atoms with Crippen molar-refractivity contribution in [2.24, 2.45) is 0 Å². The molecule has 4 rings (SSSR count). The van der Waals surface area contributed by atoms with Crippen LogP contribution in [-0.4, -0.2) is 24.7 Å². The lowest BCUT2D eigenvalue weighted by Crippen LogP contribution is -2.08. The highest BCUT2D eigenvalue weighted by molar-refractivity contribution is 7.15. The van der Waals surface area contributed by atoms with E-state index in [0.29, 0.717) is 29.4 Å². The Balaban J connectivity index is 1.82. The molecule has 2 heterocycles. The van der Waals surface area contributed by atoms with E-state index >= 15 is 0 Å². The Hall–Kier alpha value is -2.08. The summed E-state index contributed by atoms with van der Waals surface area (Å²) in [5.41, 5.74) is 1.53. The Kier molecular flexibility index (Phi) is 2.85. The molecular formula is C15H13NO4S. The van der Waals surface area contributed by atoms with Crippen LogP contribution in [0, 0.1) is 0 Å². The number of Topliss-reactive ketones (excluding diaryl/α,β-unsaturated/α-hetero) is 1. The second-order valence-corrected chi connectivity index (χ2v) is 6.06. The number of hydrogen-bond acceptors (Lipinski definition) is 6. The third kappa shape index (κ3) is 1.98. The first-order valence-corrected chi connectivity index (χ1v) is 7.59. The smallest absolute Gasteiger partial charge is 0.231 e. The molecule has 2 aromatic rings. The molecule has 0 N–H and O–H groups in total. The summed E-state index contributed by atoms with van der Waals surface area (Å²) >= 11 is 1.57. The number of methoxy groups -OCH3 is 1. The van der Waals surface area contributed by atoms with Crippen LogP contribution in [-0.2, 0) is 6.42 Å². The van der Waals surface area contributed by atoms with Gasteiger partial charge in [-0.1, -0.05) is 0 Å². The zero-order valence-corrected chi connectivity index (χ0v) is 12.3. The minimum atomic E-state index is 0.145. The van der Waals surface area contributed by atoms with Gasteiger partial charge in [0.05, 0.1) is 7.11 Å². The zero-order chi connectivity index (χ0) is 14.4. The van der Waals surface area contributed by atoms with Crippen molar-refractivity contribution in [1.82, 2.24) is 4.98 Å². The van der Waals surface area contributed by atoms with Crippen LogP contribution in [0.25, 0.3) is 10.6 Å².